The Bertz CT molecular complexity index is 586. The topological polar surface area (TPSA) is 66.9 Å². The van der Waals surface area contributed by atoms with Gasteiger partial charge in [-0.1, -0.05) is 18.5 Å². The maximum Gasteiger partial charge on any atom is 0.242 e. The smallest absolute Gasteiger partial charge is 0.242 e. The molecule has 19 heavy (non-hydrogen) atoms. The van der Waals surface area contributed by atoms with Gasteiger partial charge in [0.1, 0.15) is 17.1 Å². The molecule has 0 spiro atoms. The van der Waals surface area contributed by atoms with Crippen LogP contribution in [-0.4, -0.2) is 27.2 Å². The average molecular weight is 299 g/mol. The lowest BCUT2D eigenvalue weighted by Gasteiger charge is -2.16. The van der Waals surface area contributed by atoms with Crippen LogP contribution < -0.4 is 10.6 Å². The second kappa shape index (κ2) is 6.16. The Morgan fingerprint density at radius 3 is 3.00 bits per heavy atom. The maximum absolute atomic E-state index is 11.8. The summed E-state index contributed by atoms with van der Waals surface area (Å²) in [7, 11) is 0. The summed E-state index contributed by atoms with van der Waals surface area (Å²) in [6.07, 6.45) is 0.908. The van der Waals surface area contributed by atoms with E-state index in [1.54, 1.807) is 13.0 Å². The first-order valence-corrected chi connectivity index (χ1v) is 7.19. The van der Waals surface area contributed by atoms with Gasteiger partial charge in [0.05, 0.1) is 22.4 Å². The number of nitrogens with one attached hydrogen (secondary N) is 2. The lowest BCUT2D eigenvalue weighted by Crippen LogP contribution is -2.38. The molecule has 0 aliphatic heterocycles. The average Bonchev–Trinajstić information content (AvgIpc) is 2.87. The quantitative estimate of drug-likeness (QED) is 0.890. The number of anilines is 1. The van der Waals surface area contributed by atoms with Crippen molar-refractivity contribution in [3.63, 3.8) is 0 Å². The highest BCUT2D eigenvalue weighted by Crippen LogP contribution is 2.30. The molecule has 0 aliphatic rings. The predicted molar refractivity (Wildman–Crippen MR) is 78.8 cm³/mol. The first-order chi connectivity index (χ1) is 9.13. The molecule has 2 aromatic rings. The van der Waals surface area contributed by atoms with Crippen LogP contribution in [-0.2, 0) is 4.79 Å². The third kappa shape index (κ3) is 3.13. The van der Waals surface area contributed by atoms with Crippen LogP contribution in [0.15, 0.2) is 12.1 Å². The number of carbonyl (C=O) groups is 1. The summed E-state index contributed by atoms with van der Waals surface area (Å²) in [5, 5.41) is 6.48. The number of nitrogens with zero attached hydrogens (tertiary/aromatic N) is 2. The van der Waals surface area contributed by atoms with E-state index in [-0.39, 0.29) is 11.9 Å². The van der Waals surface area contributed by atoms with Gasteiger partial charge in [-0.05, 0) is 25.5 Å². The molecule has 0 saturated heterocycles. The maximum atomic E-state index is 11.8. The van der Waals surface area contributed by atoms with Gasteiger partial charge in [0.15, 0.2) is 0 Å². The molecule has 1 unspecified atom stereocenters. The lowest BCUT2D eigenvalue weighted by molar-refractivity contribution is -0.121. The van der Waals surface area contributed by atoms with Crippen LogP contribution in [0.3, 0.4) is 0 Å². The van der Waals surface area contributed by atoms with E-state index in [0.29, 0.717) is 22.8 Å². The van der Waals surface area contributed by atoms with Crippen molar-refractivity contribution in [2.45, 2.75) is 26.3 Å². The lowest BCUT2D eigenvalue weighted by atomic mass is 10.2. The highest BCUT2D eigenvalue weighted by Gasteiger charge is 2.16. The van der Waals surface area contributed by atoms with Gasteiger partial charge in [-0.15, -0.1) is 0 Å². The van der Waals surface area contributed by atoms with E-state index in [9.17, 15) is 4.79 Å². The van der Waals surface area contributed by atoms with Crippen LogP contribution in [0.4, 0.5) is 5.69 Å². The number of carbonyl (C=O) groups excluding carboxylic acids is 1. The number of hydrogen-bond donors (Lipinski definition) is 2. The Balaban J connectivity index is 2.18. The molecule has 0 aliphatic carbocycles. The van der Waals surface area contributed by atoms with Crippen LogP contribution in [0.2, 0.25) is 5.02 Å². The molecule has 0 saturated carbocycles. The summed E-state index contributed by atoms with van der Waals surface area (Å²) in [6.45, 7) is 4.47. The fourth-order valence-electron chi connectivity index (χ4n) is 1.65. The van der Waals surface area contributed by atoms with Gasteiger partial charge in [0, 0.05) is 6.54 Å². The van der Waals surface area contributed by atoms with E-state index in [4.69, 9.17) is 11.6 Å². The molecule has 1 heterocycles. The minimum atomic E-state index is -0.378. The SMILES string of the molecule is CCCNC(=O)C(C)Nc1c(Cl)ccc2nsnc12. The summed E-state index contributed by atoms with van der Waals surface area (Å²) in [5.41, 5.74) is 2.14. The molecular formula is C12H15ClN4OS. The second-order valence-corrected chi connectivity index (χ2v) is 5.15. The molecule has 2 N–H and O–H groups in total. The summed E-state index contributed by atoms with van der Waals surface area (Å²) >= 11 is 7.28. The van der Waals surface area contributed by atoms with Crippen molar-refractivity contribution in [2.24, 2.45) is 0 Å². The van der Waals surface area contributed by atoms with Gasteiger partial charge in [-0.25, -0.2) is 0 Å². The van der Waals surface area contributed by atoms with E-state index in [0.717, 1.165) is 23.7 Å². The van der Waals surface area contributed by atoms with Gasteiger partial charge in [0.25, 0.3) is 0 Å². The molecule has 5 nitrogen and oxygen atoms in total. The zero-order valence-corrected chi connectivity index (χ0v) is 12.3. The Morgan fingerprint density at radius 2 is 2.26 bits per heavy atom. The molecule has 1 aromatic carbocycles. The molecule has 7 heteroatoms. The highest BCUT2D eigenvalue weighted by molar-refractivity contribution is 7.00. The normalized spacial score (nSPS) is 12.4. The first-order valence-electron chi connectivity index (χ1n) is 6.08. The Morgan fingerprint density at radius 1 is 1.47 bits per heavy atom. The second-order valence-electron chi connectivity index (χ2n) is 4.21. The van der Waals surface area contributed by atoms with Crippen LogP contribution in [0.1, 0.15) is 20.3 Å². The summed E-state index contributed by atoms with van der Waals surface area (Å²) < 4.78 is 8.36. The van der Waals surface area contributed by atoms with Crippen molar-refractivity contribution in [1.82, 2.24) is 14.1 Å². The molecule has 0 bridgehead atoms. The van der Waals surface area contributed by atoms with Gasteiger partial charge in [-0.3, -0.25) is 4.79 Å². The number of aromatic nitrogens is 2. The molecular weight excluding hydrogens is 284 g/mol. The van der Waals surface area contributed by atoms with E-state index in [2.05, 4.69) is 19.4 Å². The Hall–Kier alpha value is -1.40. The van der Waals surface area contributed by atoms with Crippen molar-refractivity contribution < 1.29 is 4.79 Å². The van der Waals surface area contributed by atoms with Gasteiger partial charge in [0.2, 0.25) is 5.91 Å². The zero-order chi connectivity index (χ0) is 13.8. The third-order valence-electron chi connectivity index (χ3n) is 2.68. The van der Waals surface area contributed by atoms with Crippen molar-refractivity contribution in [2.75, 3.05) is 11.9 Å². The number of rotatable bonds is 5. The fraction of sp³-hybridized carbons (Fsp3) is 0.417. The molecule has 0 fully saturated rings. The number of fused-ring (bicyclic) bond motifs is 1. The number of amides is 1. The van der Waals surface area contributed by atoms with Crippen LogP contribution in [0.5, 0.6) is 0 Å². The van der Waals surface area contributed by atoms with E-state index in [1.807, 2.05) is 13.0 Å². The van der Waals surface area contributed by atoms with Crippen molar-refractivity contribution in [3.05, 3.63) is 17.2 Å². The minimum Gasteiger partial charge on any atom is -0.371 e. The monoisotopic (exact) mass is 298 g/mol. The number of halogens is 1. The minimum absolute atomic E-state index is 0.0573. The third-order valence-corrected chi connectivity index (χ3v) is 3.54. The molecule has 2 rings (SSSR count). The fourth-order valence-corrected chi connectivity index (χ4v) is 2.40. The van der Waals surface area contributed by atoms with Crippen LogP contribution in [0.25, 0.3) is 11.0 Å². The van der Waals surface area contributed by atoms with E-state index < -0.39 is 0 Å². The molecule has 1 aromatic heterocycles. The van der Waals surface area contributed by atoms with Crippen LogP contribution in [0, 0.1) is 0 Å². The summed E-state index contributed by atoms with van der Waals surface area (Å²) in [4.78, 5) is 11.8. The van der Waals surface area contributed by atoms with Crippen molar-refractivity contribution >= 4 is 46.0 Å². The van der Waals surface area contributed by atoms with Crippen molar-refractivity contribution in [3.8, 4) is 0 Å². The first kappa shape index (κ1) is 14.0. The molecule has 0 radical (unpaired) electrons. The summed E-state index contributed by atoms with van der Waals surface area (Å²) in [5.74, 6) is -0.0573. The molecule has 102 valence electrons. The van der Waals surface area contributed by atoms with E-state index in [1.165, 1.54) is 0 Å². The standard InChI is InChI=1S/C12H15ClN4OS/c1-3-6-14-12(18)7(2)15-10-8(13)4-5-9-11(10)17-19-16-9/h4-5,7,15H,3,6H2,1-2H3,(H,14,18). The zero-order valence-electron chi connectivity index (χ0n) is 10.7. The summed E-state index contributed by atoms with van der Waals surface area (Å²) in [6, 6.07) is 3.19. The van der Waals surface area contributed by atoms with Gasteiger partial charge >= 0.3 is 0 Å². The molecule has 1 atom stereocenters. The van der Waals surface area contributed by atoms with Crippen molar-refractivity contribution in [1.29, 1.82) is 0 Å². The van der Waals surface area contributed by atoms with Gasteiger partial charge < -0.3 is 10.6 Å². The largest absolute Gasteiger partial charge is 0.371 e. The Labute approximate surface area is 120 Å². The van der Waals surface area contributed by atoms with Gasteiger partial charge in [-0.2, -0.15) is 8.75 Å². The predicted octanol–water partition coefficient (Wildman–Crippen LogP) is 2.67. The number of hydrogen-bond acceptors (Lipinski definition) is 5. The molecule has 1 amide bonds. The van der Waals surface area contributed by atoms with E-state index >= 15 is 0 Å². The Kier molecular flexibility index (Phi) is 4.55. The number of benzene rings is 1. The van der Waals surface area contributed by atoms with Crippen LogP contribution >= 0.6 is 23.3 Å². The highest BCUT2D eigenvalue weighted by atomic mass is 35.5.